The third-order valence-corrected chi connectivity index (χ3v) is 5.88. The molecule has 0 saturated heterocycles. The number of rotatable bonds is 5. The molecule has 0 saturated carbocycles. The van der Waals surface area contributed by atoms with Crippen LogP contribution in [0, 0.1) is 0 Å². The Morgan fingerprint density at radius 1 is 1.04 bits per heavy atom. The first-order chi connectivity index (χ1) is 11.2. The van der Waals surface area contributed by atoms with Crippen LogP contribution in [0.1, 0.15) is 15.9 Å². The van der Waals surface area contributed by atoms with E-state index in [0.29, 0.717) is 17.1 Å². The summed E-state index contributed by atoms with van der Waals surface area (Å²) in [7, 11) is 3.22. The van der Waals surface area contributed by atoms with Crippen LogP contribution in [0.2, 0.25) is 0 Å². The standard InChI is InChI=1S/C18H16O3S2/c1-20-13-9-12-15(10-14(13)21-2)23-18(22-3)16(12)17(19)11-7-5-4-6-8-11/h4-10H,1-3H3. The number of methoxy groups -OCH3 is 2. The predicted molar refractivity (Wildman–Crippen MR) is 96.6 cm³/mol. The van der Waals surface area contributed by atoms with Crippen LogP contribution in [0.25, 0.3) is 10.1 Å². The molecule has 0 aliphatic rings. The Hall–Kier alpha value is -1.98. The highest BCUT2D eigenvalue weighted by molar-refractivity contribution is 8.00. The van der Waals surface area contributed by atoms with Gasteiger partial charge in [0.15, 0.2) is 17.3 Å². The number of fused-ring (bicyclic) bond motifs is 1. The van der Waals surface area contributed by atoms with E-state index in [-0.39, 0.29) is 5.78 Å². The molecule has 0 radical (unpaired) electrons. The van der Waals surface area contributed by atoms with Crippen LogP contribution in [0.5, 0.6) is 11.5 Å². The highest BCUT2D eigenvalue weighted by Crippen LogP contribution is 2.43. The van der Waals surface area contributed by atoms with Crippen LogP contribution >= 0.6 is 23.1 Å². The van der Waals surface area contributed by atoms with Crippen molar-refractivity contribution in [3.8, 4) is 11.5 Å². The molecule has 0 bridgehead atoms. The number of carbonyl (C=O) groups excluding carboxylic acids is 1. The van der Waals surface area contributed by atoms with Crippen LogP contribution in [-0.2, 0) is 0 Å². The second-order valence-electron chi connectivity index (χ2n) is 4.87. The van der Waals surface area contributed by atoms with Crippen LogP contribution in [0.15, 0.2) is 46.7 Å². The minimum Gasteiger partial charge on any atom is -0.493 e. The van der Waals surface area contributed by atoms with Gasteiger partial charge in [-0.3, -0.25) is 4.79 Å². The van der Waals surface area contributed by atoms with Crippen molar-refractivity contribution in [2.45, 2.75) is 4.21 Å². The summed E-state index contributed by atoms with van der Waals surface area (Å²) in [5.74, 6) is 1.34. The first-order valence-corrected chi connectivity index (χ1v) is 9.06. The van der Waals surface area contributed by atoms with Gasteiger partial charge in [0.25, 0.3) is 0 Å². The van der Waals surface area contributed by atoms with Gasteiger partial charge in [0.1, 0.15) is 0 Å². The highest BCUT2D eigenvalue weighted by Gasteiger charge is 2.21. The Bertz CT molecular complexity index is 854. The molecule has 1 heterocycles. The van der Waals surface area contributed by atoms with Gasteiger partial charge in [-0.2, -0.15) is 0 Å². The van der Waals surface area contributed by atoms with Gasteiger partial charge in [-0.05, 0) is 12.3 Å². The predicted octanol–water partition coefficient (Wildman–Crippen LogP) is 4.87. The zero-order valence-corrected chi connectivity index (χ0v) is 14.7. The van der Waals surface area contributed by atoms with E-state index >= 15 is 0 Å². The van der Waals surface area contributed by atoms with Crippen LogP contribution in [-0.4, -0.2) is 26.3 Å². The lowest BCUT2D eigenvalue weighted by Crippen LogP contribution is -2.01. The van der Waals surface area contributed by atoms with Gasteiger partial charge >= 0.3 is 0 Å². The maximum absolute atomic E-state index is 13.0. The van der Waals surface area contributed by atoms with E-state index in [4.69, 9.17) is 9.47 Å². The molecule has 0 amide bonds. The van der Waals surface area contributed by atoms with E-state index in [1.807, 2.05) is 48.7 Å². The molecule has 118 valence electrons. The van der Waals surface area contributed by atoms with E-state index in [1.165, 1.54) is 0 Å². The van der Waals surface area contributed by atoms with Crippen molar-refractivity contribution in [3.63, 3.8) is 0 Å². The number of benzene rings is 2. The molecular weight excluding hydrogens is 328 g/mol. The number of thioether (sulfide) groups is 1. The average Bonchev–Trinajstić information content (AvgIpc) is 2.97. The second-order valence-corrected chi connectivity index (χ2v) is 6.99. The lowest BCUT2D eigenvalue weighted by atomic mass is 10.0. The summed E-state index contributed by atoms with van der Waals surface area (Å²) in [6.45, 7) is 0. The topological polar surface area (TPSA) is 35.5 Å². The van der Waals surface area contributed by atoms with Crippen LogP contribution in [0.4, 0.5) is 0 Å². The molecule has 0 aliphatic carbocycles. The zero-order valence-electron chi connectivity index (χ0n) is 13.1. The minimum atomic E-state index is 0.0356. The summed E-state index contributed by atoms with van der Waals surface area (Å²) in [6, 6.07) is 13.2. The molecule has 23 heavy (non-hydrogen) atoms. The van der Waals surface area contributed by atoms with E-state index < -0.39 is 0 Å². The summed E-state index contributed by atoms with van der Waals surface area (Å²) >= 11 is 3.19. The smallest absolute Gasteiger partial charge is 0.195 e. The Labute approximate surface area is 143 Å². The monoisotopic (exact) mass is 344 g/mol. The summed E-state index contributed by atoms with van der Waals surface area (Å²) in [4.78, 5) is 13.0. The number of ketones is 1. The molecule has 2 aromatic carbocycles. The number of hydrogen-bond donors (Lipinski definition) is 0. The van der Waals surface area contributed by atoms with Crippen molar-refractivity contribution in [1.82, 2.24) is 0 Å². The van der Waals surface area contributed by atoms with Gasteiger partial charge in [0.05, 0.1) is 24.0 Å². The first-order valence-electron chi connectivity index (χ1n) is 7.01. The molecule has 0 atom stereocenters. The van der Waals surface area contributed by atoms with Crippen molar-refractivity contribution in [3.05, 3.63) is 53.6 Å². The van der Waals surface area contributed by atoms with Gasteiger partial charge in [-0.25, -0.2) is 0 Å². The molecule has 0 fully saturated rings. The van der Waals surface area contributed by atoms with Gasteiger partial charge in [-0.15, -0.1) is 23.1 Å². The van der Waals surface area contributed by atoms with Crippen molar-refractivity contribution in [1.29, 1.82) is 0 Å². The fraction of sp³-hybridized carbons (Fsp3) is 0.167. The third-order valence-electron chi connectivity index (χ3n) is 3.61. The van der Waals surface area contributed by atoms with E-state index in [2.05, 4.69) is 0 Å². The number of carbonyl (C=O) groups is 1. The molecule has 3 rings (SSSR count). The Kier molecular flexibility index (Phi) is 4.59. The lowest BCUT2D eigenvalue weighted by molar-refractivity contribution is 0.103. The largest absolute Gasteiger partial charge is 0.493 e. The normalized spacial score (nSPS) is 10.7. The molecular formula is C18H16O3S2. The summed E-state index contributed by atoms with van der Waals surface area (Å²) in [5, 5.41) is 0.908. The maximum Gasteiger partial charge on any atom is 0.195 e. The molecule has 3 nitrogen and oxygen atoms in total. The molecule has 1 aromatic heterocycles. The fourth-order valence-corrected chi connectivity index (χ4v) is 4.44. The van der Waals surface area contributed by atoms with Crippen molar-refractivity contribution < 1.29 is 14.3 Å². The zero-order chi connectivity index (χ0) is 16.4. The molecule has 0 N–H and O–H groups in total. The van der Waals surface area contributed by atoms with Crippen LogP contribution in [0.3, 0.4) is 0 Å². The minimum absolute atomic E-state index is 0.0356. The third kappa shape index (κ3) is 2.82. The summed E-state index contributed by atoms with van der Waals surface area (Å²) < 4.78 is 12.8. The second kappa shape index (κ2) is 6.64. The molecule has 3 aromatic rings. The van der Waals surface area contributed by atoms with Gasteiger partial charge in [0, 0.05) is 21.7 Å². The molecule has 0 unspecified atom stereocenters. The Morgan fingerprint density at radius 3 is 2.30 bits per heavy atom. The number of thiophene rings is 1. The Balaban J connectivity index is 2.24. The quantitative estimate of drug-likeness (QED) is 0.488. The van der Waals surface area contributed by atoms with E-state index in [0.717, 1.165) is 19.9 Å². The van der Waals surface area contributed by atoms with Crippen molar-refractivity contribution in [2.24, 2.45) is 0 Å². The SMILES string of the molecule is COc1cc2sc(SC)c(C(=O)c3ccccc3)c2cc1OC. The van der Waals surface area contributed by atoms with Crippen molar-refractivity contribution >= 4 is 39.0 Å². The number of ether oxygens (including phenoxy) is 2. The highest BCUT2D eigenvalue weighted by atomic mass is 32.2. The molecule has 0 aliphatic heterocycles. The van der Waals surface area contributed by atoms with Gasteiger partial charge in [-0.1, -0.05) is 30.3 Å². The Morgan fingerprint density at radius 2 is 1.70 bits per heavy atom. The first kappa shape index (κ1) is 15.9. The summed E-state index contributed by atoms with van der Waals surface area (Å²) in [5.41, 5.74) is 1.43. The van der Waals surface area contributed by atoms with E-state index in [9.17, 15) is 4.79 Å². The van der Waals surface area contributed by atoms with Gasteiger partial charge < -0.3 is 9.47 Å². The summed E-state index contributed by atoms with van der Waals surface area (Å²) in [6.07, 6.45) is 1.99. The molecule has 5 heteroatoms. The molecule has 0 spiro atoms. The van der Waals surface area contributed by atoms with Crippen molar-refractivity contribution in [2.75, 3.05) is 20.5 Å². The maximum atomic E-state index is 13.0. The van der Waals surface area contributed by atoms with Crippen LogP contribution < -0.4 is 9.47 Å². The lowest BCUT2D eigenvalue weighted by Gasteiger charge is -2.08. The number of hydrogen-bond acceptors (Lipinski definition) is 5. The van der Waals surface area contributed by atoms with E-state index in [1.54, 1.807) is 37.3 Å². The fourth-order valence-electron chi connectivity index (χ4n) is 2.49. The average molecular weight is 344 g/mol. The van der Waals surface area contributed by atoms with Gasteiger partial charge in [0.2, 0.25) is 0 Å².